The Hall–Kier alpha value is -3.46. The molecule has 0 spiro atoms. The van der Waals surface area contributed by atoms with Crippen LogP contribution in [0.5, 0.6) is 5.75 Å². The average Bonchev–Trinajstić information content (AvgIpc) is 3.34. The maximum Gasteiger partial charge on any atom is 0.255 e. The molecular formula is C20H16FN5O2S. The van der Waals surface area contributed by atoms with E-state index in [2.05, 4.69) is 25.6 Å². The molecule has 29 heavy (non-hydrogen) atoms. The molecule has 1 amide bonds. The van der Waals surface area contributed by atoms with Crippen LogP contribution < -0.4 is 15.4 Å². The minimum absolute atomic E-state index is 0.0774. The zero-order valence-corrected chi connectivity index (χ0v) is 16.2. The normalized spacial score (nSPS) is 13.2. The smallest absolute Gasteiger partial charge is 0.255 e. The summed E-state index contributed by atoms with van der Waals surface area (Å²) in [4.78, 5) is 24.8. The molecule has 4 aromatic rings. The lowest BCUT2D eigenvalue weighted by Crippen LogP contribution is -2.31. The predicted molar refractivity (Wildman–Crippen MR) is 109 cm³/mol. The molecule has 9 heteroatoms. The molecule has 7 nitrogen and oxygen atoms in total. The molecule has 1 aliphatic heterocycles. The third kappa shape index (κ3) is 2.82. The number of hydrogen-bond acceptors (Lipinski definition) is 6. The number of benzene rings is 1. The number of carbonyl (C=O) groups excluding carboxylic acids is 1. The summed E-state index contributed by atoms with van der Waals surface area (Å²) in [7, 11) is 1.41. The highest BCUT2D eigenvalue weighted by Crippen LogP contribution is 2.41. The van der Waals surface area contributed by atoms with Crippen LogP contribution in [0.1, 0.15) is 16.1 Å². The van der Waals surface area contributed by atoms with Gasteiger partial charge in [-0.05, 0) is 23.6 Å². The summed E-state index contributed by atoms with van der Waals surface area (Å²) >= 11 is 1.52. The zero-order chi connectivity index (χ0) is 20.0. The molecule has 0 aliphatic carbocycles. The van der Waals surface area contributed by atoms with Crippen LogP contribution in [-0.4, -0.2) is 34.5 Å². The van der Waals surface area contributed by atoms with Gasteiger partial charge in [0.25, 0.3) is 5.91 Å². The number of aromatic amines is 1. The highest BCUT2D eigenvalue weighted by Gasteiger charge is 2.29. The van der Waals surface area contributed by atoms with Gasteiger partial charge in [-0.1, -0.05) is 6.07 Å². The van der Waals surface area contributed by atoms with Crippen LogP contribution in [0.25, 0.3) is 21.6 Å². The Morgan fingerprint density at radius 3 is 3.03 bits per heavy atom. The van der Waals surface area contributed by atoms with Crippen molar-refractivity contribution in [2.24, 2.45) is 0 Å². The van der Waals surface area contributed by atoms with Gasteiger partial charge < -0.3 is 20.4 Å². The van der Waals surface area contributed by atoms with Gasteiger partial charge in [0.2, 0.25) is 0 Å². The number of fused-ring (bicyclic) bond motifs is 2. The summed E-state index contributed by atoms with van der Waals surface area (Å²) in [6, 6.07) is 6.53. The zero-order valence-electron chi connectivity index (χ0n) is 15.4. The first-order chi connectivity index (χ1) is 14.2. The van der Waals surface area contributed by atoms with Crippen molar-refractivity contribution >= 4 is 38.8 Å². The van der Waals surface area contributed by atoms with Crippen molar-refractivity contribution in [1.29, 1.82) is 0 Å². The quantitative estimate of drug-likeness (QED) is 0.476. The van der Waals surface area contributed by atoms with E-state index in [0.717, 1.165) is 15.9 Å². The molecule has 0 bridgehead atoms. The van der Waals surface area contributed by atoms with E-state index in [1.165, 1.54) is 30.8 Å². The van der Waals surface area contributed by atoms with Crippen molar-refractivity contribution in [2.75, 3.05) is 19.0 Å². The molecule has 1 aromatic carbocycles. The van der Waals surface area contributed by atoms with Gasteiger partial charge in [-0.2, -0.15) is 0 Å². The van der Waals surface area contributed by atoms with Crippen LogP contribution in [0.2, 0.25) is 0 Å². The van der Waals surface area contributed by atoms with Crippen LogP contribution >= 0.6 is 11.3 Å². The van der Waals surface area contributed by atoms with Gasteiger partial charge in [0.05, 0.1) is 40.0 Å². The lowest BCUT2D eigenvalue weighted by Gasteiger charge is -2.16. The van der Waals surface area contributed by atoms with Crippen LogP contribution in [0.15, 0.2) is 36.0 Å². The molecule has 0 saturated heterocycles. The standard InChI is InChI=1S/C20H16FN5O2S/c1-28-18-10(21)3-2-4-12(18)26-15-14-11(5-7-22-20(14)27)25-16(15)17-19-13(6-8-29-19)23-9-24-17/h2-4,6,8-9,25-26H,5,7H2,1H3,(H,22,27). The summed E-state index contributed by atoms with van der Waals surface area (Å²) in [6.07, 6.45) is 2.16. The van der Waals surface area contributed by atoms with Crippen molar-refractivity contribution in [3.8, 4) is 17.1 Å². The second-order valence-electron chi connectivity index (χ2n) is 6.54. The number of anilines is 2. The minimum atomic E-state index is -0.490. The molecule has 0 unspecified atom stereocenters. The number of ether oxygens (including phenoxy) is 1. The summed E-state index contributed by atoms with van der Waals surface area (Å²) in [5.41, 5.74) is 4.44. The summed E-state index contributed by atoms with van der Waals surface area (Å²) in [5, 5.41) is 8.03. The topological polar surface area (TPSA) is 91.9 Å². The van der Waals surface area contributed by atoms with E-state index in [9.17, 15) is 9.18 Å². The number of nitrogens with zero attached hydrogens (tertiary/aromatic N) is 2. The highest BCUT2D eigenvalue weighted by molar-refractivity contribution is 7.17. The number of para-hydroxylation sites is 1. The van der Waals surface area contributed by atoms with E-state index in [-0.39, 0.29) is 11.7 Å². The van der Waals surface area contributed by atoms with Crippen LogP contribution in [0.4, 0.5) is 15.8 Å². The van der Waals surface area contributed by atoms with Crippen molar-refractivity contribution in [1.82, 2.24) is 20.3 Å². The number of aromatic nitrogens is 3. The van der Waals surface area contributed by atoms with E-state index in [1.807, 2.05) is 11.4 Å². The number of thiophene rings is 1. The molecule has 0 radical (unpaired) electrons. The summed E-state index contributed by atoms with van der Waals surface area (Å²) in [6.45, 7) is 0.548. The Balaban J connectivity index is 1.74. The van der Waals surface area contributed by atoms with Crippen molar-refractivity contribution in [2.45, 2.75) is 6.42 Å². The number of amides is 1. The molecule has 5 rings (SSSR count). The lowest BCUT2D eigenvalue weighted by molar-refractivity contribution is 0.0947. The largest absolute Gasteiger partial charge is 0.492 e. The number of halogens is 1. The highest BCUT2D eigenvalue weighted by atomic mass is 32.1. The molecule has 4 heterocycles. The van der Waals surface area contributed by atoms with E-state index >= 15 is 0 Å². The Morgan fingerprint density at radius 2 is 2.17 bits per heavy atom. The molecular weight excluding hydrogens is 393 g/mol. The SMILES string of the molecule is COc1c(F)cccc1Nc1c(-c2ncnc3ccsc23)[nH]c2c1C(=O)NCC2. The molecule has 1 aliphatic rings. The first kappa shape index (κ1) is 17.6. The first-order valence-corrected chi connectivity index (χ1v) is 9.86. The number of nitrogens with one attached hydrogen (secondary N) is 3. The number of rotatable bonds is 4. The fourth-order valence-corrected chi connectivity index (χ4v) is 4.44. The summed E-state index contributed by atoms with van der Waals surface area (Å²) in [5.74, 6) is -0.604. The monoisotopic (exact) mass is 409 g/mol. The van der Waals surface area contributed by atoms with Crippen LogP contribution in [0, 0.1) is 5.82 Å². The second kappa shape index (κ2) is 6.85. The van der Waals surface area contributed by atoms with Gasteiger partial charge in [-0.25, -0.2) is 14.4 Å². The van der Waals surface area contributed by atoms with E-state index in [1.54, 1.807) is 12.1 Å². The Labute approximate surface area is 169 Å². The molecule has 0 atom stereocenters. The molecule has 3 N–H and O–H groups in total. The average molecular weight is 409 g/mol. The fraction of sp³-hybridized carbons (Fsp3) is 0.150. The van der Waals surface area contributed by atoms with Gasteiger partial charge in [-0.15, -0.1) is 11.3 Å². The Bertz CT molecular complexity index is 1250. The first-order valence-electron chi connectivity index (χ1n) is 8.98. The number of methoxy groups -OCH3 is 1. The maximum atomic E-state index is 14.2. The van der Waals surface area contributed by atoms with Crippen LogP contribution in [-0.2, 0) is 6.42 Å². The lowest BCUT2D eigenvalue weighted by atomic mass is 10.1. The molecule has 0 saturated carbocycles. The van der Waals surface area contributed by atoms with Gasteiger partial charge in [0, 0.05) is 18.7 Å². The van der Waals surface area contributed by atoms with E-state index < -0.39 is 5.82 Å². The summed E-state index contributed by atoms with van der Waals surface area (Å²) < 4.78 is 20.3. The number of H-pyrrole nitrogens is 1. The van der Waals surface area contributed by atoms with Crippen molar-refractivity contribution < 1.29 is 13.9 Å². The molecule has 146 valence electrons. The fourth-order valence-electron chi connectivity index (χ4n) is 3.60. The van der Waals surface area contributed by atoms with E-state index in [0.29, 0.717) is 41.3 Å². The minimum Gasteiger partial charge on any atom is -0.492 e. The van der Waals surface area contributed by atoms with Gasteiger partial charge in [-0.3, -0.25) is 4.79 Å². The van der Waals surface area contributed by atoms with Crippen LogP contribution in [0.3, 0.4) is 0 Å². The number of hydrogen-bond donors (Lipinski definition) is 3. The van der Waals surface area contributed by atoms with E-state index in [4.69, 9.17) is 4.74 Å². The Morgan fingerprint density at radius 1 is 1.28 bits per heavy atom. The van der Waals surface area contributed by atoms with Crippen molar-refractivity contribution in [3.63, 3.8) is 0 Å². The van der Waals surface area contributed by atoms with Gasteiger partial charge in [0.1, 0.15) is 12.0 Å². The molecule has 0 fully saturated rings. The van der Waals surface area contributed by atoms with Gasteiger partial charge in [0.15, 0.2) is 11.6 Å². The second-order valence-corrected chi connectivity index (χ2v) is 7.45. The number of carbonyl (C=O) groups is 1. The maximum absolute atomic E-state index is 14.2. The van der Waals surface area contributed by atoms with Gasteiger partial charge >= 0.3 is 0 Å². The third-order valence-electron chi connectivity index (χ3n) is 4.88. The third-order valence-corrected chi connectivity index (χ3v) is 5.79. The predicted octanol–water partition coefficient (Wildman–Crippen LogP) is 3.86. The van der Waals surface area contributed by atoms with Crippen molar-refractivity contribution in [3.05, 3.63) is 53.0 Å². The Kier molecular flexibility index (Phi) is 4.17. The molecule has 3 aromatic heterocycles.